The van der Waals surface area contributed by atoms with Crippen LogP contribution in [0.2, 0.25) is 0 Å². The maximum Gasteiger partial charge on any atom is 0.335 e. The van der Waals surface area contributed by atoms with Crippen LogP contribution in [0.1, 0.15) is 48.5 Å². The summed E-state index contributed by atoms with van der Waals surface area (Å²) in [6.07, 6.45) is 2.51. The Hall–Kier alpha value is -1.51. The van der Waals surface area contributed by atoms with E-state index < -0.39 is 5.97 Å². The SMILES string of the molecule is CC(C)c1cc(OCC2CC2)ccc1C(=O)O. The van der Waals surface area contributed by atoms with Crippen LogP contribution in [-0.4, -0.2) is 17.7 Å². The number of ether oxygens (including phenoxy) is 1. The summed E-state index contributed by atoms with van der Waals surface area (Å²) in [7, 11) is 0. The fourth-order valence-electron chi connectivity index (χ4n) is 1.80. The van der Waals surface area contributed by atoms with E-state index >= 15 is 0 Å². The van der Waals surface area contributed by atoms with Crippen molar-refractivity contribution < 1.29 is 14.6 Å². The summed E-state index contributed by atoms with van der Waals surface area (Å²) in [6.45, 7) is 4.74. The van der Waals surface area contributed by atoms with Crippen molar-refractivity contribution in [2.24, 2.45) is 5.92 Å². The van der Waals surface area contributed by atoms with Gasteiger partial charge >= 0.3 is 5.97 Å². The van der Waals surface area contributed by atoms with Gasteiger partial charge in [-0.3, -0.25) is 0 Å². The number of carbonyl (C=O) groups is 1. The molecule has 3 nitrogen and oxygen atoms in total. The topological polar surface area (TPSA) is 46.5 Å². The second kappa shape index (κ2) is 4.78. The molecule has 0 spiro atoms. The van der Waals surface area contributed by atoms with Gasteiger partial charge < -0.3 is 9.84 Å². The Bertz CT molecular complexity index is 419. The van der Waals surface area contributed by atoms with Crippen LogP contribution in [0.15, 0.2) is 18.2 Å². The number of carboxylic acids is 1. The number of rotatable bonds is 5. The zero-order chi connectivity index (χ0) is 12.4. The average molecular weight is 234 g/mol. The molecule has 0 heterocycles. The van der Waals surface area contributed by atoms with Gasteiger partial charge in [0.15, 0.2) is 0 Å². The molecule has 3 heteroatoms. The minimum atomic E-state index is -0.873. The van der Waals surface area contributed by atoms with Crippen molar-refractivity contribution in [3.05, 3.63) is 29.3 Å². The summed E-state index contributed by atoms with van der Waals surface area (Å²) >= 11 is 0. The molecule has 0 amide bonds. The van der Waals surface area contributed by atoms with Gasteiger partial charge in [-0.1, -0.05) is 13.8 Å². The first-order valence-corrected chi connectivity index (χ1v) is 6.08. The lowest BCUT2D eigenvalue weighted by molar-refractivity contribution is 0.0695. The van der Waals surface area contributed by atoms with E-state index in [0.717, 1.165) is 17.9 Å². The second-order valence-electron chi connectivity index (χ2n) is 4.96. The van der Waals surface area contributed by atoms with Crippen LogP contribution in [0.5, 0.6) is 5.75 Å². The predicted octanol–water partition coefficient (Wildman–Crippen LogP) is 3.30. The third-order valence-electron chi connectivity index (χ3n) is 3.06. The molecule has 1 saturated carbocycles. The highest BCUT2D eigenvalue weighted by Crippen LogP contribution is 2.30. The molecule has 17 heavy (non-hydrogen) atoms. The van der Waals surface area contributed by atoms with E-state index in [1.54, 1.807) is 12.1 Å². The smallest absolute Gasteiger partial charge is 0.335 e. The summed E-state index contributed by atoms with van der Waals surface area (Å²) in [5.74, 6) is 0.801. The monoisotopic (exact) mass is 234 g/mol. The summed E-state index contributed by atoms with van der Waals surface area (Å²) in [5.41, 5.74) is 1.21. The molecule has 0 bridgehead atoms. The number of aromatic carboxylic acids is 1. The molecule has 1 aliphatic carbocycles. The van der Waals surface area contributed by atoms with E-state index in [9.17, 15) is 4.79 Å². The maximum absolute atomic E-state index is 11.1. The van der Waals surface area contributed by atoms with Crippen molar-refractivity contribution in [1.29, 1.82) is 0 Å². The van der Waals surface area contributed by atoms with Crippen molar-refractivity contribution in [1.82, 2.24) is 0 Å². The summed E-state index contributed by atoms with van der Waals surface area (Å²) in [6, 6.07) is 5.24. The predicted molar refractivity (Wildman–Crippen MR) is 65.7 cm³/mol. The third kappa shape index (κ3) is 2.99. The first-order chi connectivity index (χ1) is 8.08. The van der Waals surface area contributed by atoms with Crippen LogP contribution in [0, 0.1) is 5.92 Å². The third-order valence-corrected chi connectivity index (χ3v) is 3.06. The standard InChI is InChI=1S/C14H18O3/c1-9(2)13-7-11(17-8-10-3-4-10)5-6-12(13)14(15)16/h5-7,9-10H,3-4,8H2,1-2H3,(H,15,16). The van der Waals surface area contributed by atoms with Gasteiger partial charge in [0, 0.05) is 0 Å². The molecular formula is C14H18O3. The highest BCUT2D eigenvalue weighted by molar-refractivity contribution is 5.89. The van der Waals surface area contributed by atoms with Crippen LogP contribution in [0.3, 0.4) is 0 Å². The highest BCUT2D eigenvalue weighted by Gasteiger charge is 2.22. The number of hydrogen-bond acceptors (Lipinski definition) is 2. The summed E-state index contributed by atoms with van der Waals surface area (Å²) in [4.78, 5) is 11.1. The van der Waals surface area contributed by atoms with Gasteiger partial charge in [-0.2, -0.15) is 0 Å². The molecule has 0 radical (unpaired) electrons. The maximum atomic E-state index is 11.1. The minimum absolute atomic E-state index is 0.186. The van der Waals surface area contributed by atoms with E-state index in [4.69, 9.17) is 9.84 Å². The van der Waals surface area contributed by atoms with Gasteiger partial charge in [0.1, 0.15) is 5.75 Å². The lowest BCUT2D eigenvalue weighted by Crippen LogP contribution is -2.05. The molecular weight excluding hydrogens is 216 g/mol. The highest BCUT2D eigenvalue weighted by atomic mass is 16.5. The average Bonchev–Trinajstić information content (AvgIpc) is 3.09. The Morgan fingerprint density at radius 2 is 2.18 bits per heavy atom. The van der Waals surface area contributed by atoms with E-state index in [-0.39, 0.29) is 5.92 Å². The van der Waals surface area contributed by atoms with E-state index in [1.807, 2.05) is 19.9 Å². The Morgan fingerprint density at radius 3 is 2.71 bits per heavy atom. The molecule has 1 aromatic rings. The van der Waals surface area contributed by atoms with Gasteiger partial charge in [-0.25, -0.2) is 4.79 Å². The number of hydrogen-bond donors (Lipinski definition) is 1. The van der Waals surface area contributed by atoms with E-state index in [2.05, 4.69) is 0 Å². The van der Waals surface area contributed by atoms with Crippen LogP contribution >= 0.6 is 0 Å². The largest absolute Gasteiger partial charge is 0.493 e. The minimum Gasteiger partial charge on any atom is -0.493 e. The lowest BCUT2D eigenvalue weighted by atomic mass is 9.97. The van der Waals surface area contributed by atoms with Crippen LogP contribution < -0.4 is 4.74 Å². The summed E-state index contributed by atoms with van der Waals surface area (Å²) in [5, 5.41) is 9.09. The fourth-order valence-corrected chi connectivity index (χ4v) is 1.80. The van der Waals surface area contributed by atoms with Crippen LogP contribution in [0.25, 0.3) is 0 Å². The second-order valence-corrected chi connectivity index (χ2v) is 4.96. The summed E-state index contributed by atoms with van der Waals surface area (Å²) < 4.78 is 5.66. The van der Waals surface area contributed by atoms with Crippen LogP contribution in [-0.2, 0) is 0 Å². The molecule has 1 fully saturated rings. The zero-order valence-electron chi connectivity index (χ0n) is 10.3. The molecule has 2 rings (SSSR count). The zero-order valence-corrected chi connectivity index (χ0v) is 10.3. The molecule has 1 aliphatic rings. The van der Waals surface area contributed by atoms with Crippen molar-refractivity contribution in [3.63, 3.8) is 0 Å². The quantitative estimate of drug-likeness (QED) is 0.850. The number of carboxylic acid groups (broad SMARTS) is 1. The van der Waals surface area contributed by atoms with E-state index in [1.165, 1.54) is 12.8 Å². The van der Waals surface area contributed by atoms with Crippen molar-refractivity contribution in [3.8, 4) is 5.75 Å². The van der Waals surface area contributed by atoms with Crippen LogP contribution in [0.4, 0.5) is 0 Å². The Labute approximate surface area is 101 Å². The molecule has 1 aromatic carbocycles. The van der Waals surface area contributed by atoms with Gasteiger partial charge in [-0.15, -0.1) is 0 Å². The fraction of sp³-hybridized carbons (Fsp3) is 0.500. The molecule has 0 aromatic heterocycles. The van der Waals surface area contributed by atoms with Gasteiger partial charge in [0.2, 0.25) is 0 Å². The normalized spacial score (nSPS) is 15.0. The van der Waals surface area contributed by atoms with E-state index in [0.29, 0.717) is 11.5 Å². The van der Waals surface area contributed by atoms with Gasteiger partial charge in [0.25, 0.3) is 0 Å². The molecule has 0 unspecified atom stereocenters. The van der Waals surface area contributed by atoms with Gasteiger partial charge in [0.05, 0.1) is 12.2 Å². The molecule has 1 N–H and O–H groups in total. The molecule has 0 atom stereocenters. The first kappa shape index (κ1) is 12.0. The Kier molecular flexibility index (Phi) is 3.36. The first-order valence-electron chi connectivity index (χ1n) is 6.08. The number of benzene rings is 1. The Balaban J connectivity index is 2.17. The van der Waals surface area contributed by atoms with Gasteiger partial charge in [-0.05, 0) is 48.4 Å². The lowest BCUT2D eigenvalue weighted by Gasteiger charge is -2.12. The Morgan fingerprint density at radius 1 is 1.47 bits per heavy atom. The molecule has 92 valence electrons. The van der Waals surface area contributed by atoms with Crippen molar-refractivity contribution in [2.75, 3.05) is 6.61 Å². The van der Waals surface area contributed by atoms with Crippen molar-refractivity contribution in [2.45, 2.75) is 32.6 Å². The molecule has 0 saturated heterocycles. The molecule has 0 aliphatic heterocycles. The van der Waals surface area contributed by atoms with Crippen molar-refractivity contribution >= 4 is 5.97 Å².